The van der Waals surface area contributed by atoms with Gasteiger partial charge in [-0.05, 0) is 55.7 Å². The largest absolute Gasteiger partial charge is 0.322 e. The summed E-state index contributed by atoms with van der Waals surface area (Å²) in [5, 5.41) is 13.6. The van der Waals surface area contributed by atoms with Crippen LogP contribution >= 0.6 is 11.6 Å². The number of nitro groups is 1. The summed E-state index contributed by atoms with van der Waals surface area (Å²) in [5.74, 6) is -0.506. The molecule has 0 saturated heterocycles. The quantitative estimate of drug-likeness (QED) is 0.583. The Kier molecular flexibility index (Phi) is 5.57. The van der Waals surface area contributed by atoms with Crippen LogP contribution in [0.25, 0.3) is 0 Å². The highest BCUT2D eigenvalue weighted by atomic mass is 35.5. The molecule has 0 aromatic heterocycles. The molecular formula is C18H18ClN3O5S. The Morgan fingerprint density at radius 2 is 2.04 bits per heavy atom. The molecule has 0 radical (unpaired) electrons. The number of nitrogens with zero attached hydrogens (tertiary/aromatic N) is 2. The summed E-state index contributed by atoms with van der Waals surface area (Å²) in [6, 6.07) is 8.83. The number of benzene rings is 2. The van der Waals surface area contributed by atoms with Gasteiger partial charge < -0.3 is 5.32 Å². The Bertz CT molecular complexity index is 1060. The van der Waals surface area contributed by atoms with Crippen molar-refractivity contribution in [2.45, 2.75) is 19.8 Å². The van der Waals surface area contributed by atoms with Crippen molar-refractivity contribution in [2.75, 3.05) is 21.9 Å². The average Bonchev–Trinajstić information content (AvgIpc) is 2.67. The van der Waals surface area contributed by atoms with Crippen LogP contribution in [-0.2, 0) is 16.4 Å². The predicted molar refractivity (Wildman–Crippen MR) is 108 cm³/mol. The molecule has 1 N–H and O–H groups in total. The van der Waals surface area contributed by atoms with Crippen LogP contribution in [0, 0.1) is 10.1 Å². The molecule has 10 heteroatoms. The monoisotopic (exact) mass is 423 g/mol. The van der Waals surface area contributed by atoms with Gasteiger partial charge in [0.25, 0.3) is 11.6 Å². The predicted octanol–water partition coefficient (Wildman–Crippen LogP) is 3.60. The van der Waals surface area contributed by atoms with E-state index in [0.29, 0.717) is 30.8 Å². The first kappa shape index (κ1) is 20.1. The molecule has 1 aliphatic heterocycles. The summed E-state index contributed by atoms with van der Waals surface area (Å²) in [6.45, 7) is 2.03. The van der Waals surface area contributed by atoms with Crippen molar-refractivity contribution >= 4 is 44.6 Å². The van der Waals surface area contributed by atoms with Gasteiger partial charge >= 0.3 is 0 Å². The first-order valence-corrected chi connectivity index (χ1v) is 10.6. The SMILES string of the molecule is CCS(=O)(=O)N1CCCc2cc(NC(=O)c3ccc(Cl)c([N+](=O)[O-])c3)ccc21. The molecule has 28 heavy (non-hydrogen) atoms. The number of nitro benzene ring substituents is 1. The Morgan fingerprint density at radius 3 is 2.71 bits per heavy atom. The molecule has 0 atom stereocenters. The van der Waals surface area contributed by atoms with Crippen molar-refractivity contribution in [3.8, 4) is 0 Å². The minimum atomic E-state index is -3.36. The number of sulfonamides is 1. The summed E-state index contributed by atoms with van der Waals surface area (Å²) in [7, 11) is -3.36. The van der Waals surface area contributed by atoms with Crippen LogP contribution in [0.4, 0.5) is 17.1 Å². The van der Waals surface area contributed by atoms with Gasteiger partial charge in [-0.3, -0.25) is 19.2 Å². The number of halogens is 1. The summed E-state index contributed by atoms with van der Waals surface area (Å²) in [4.78, 5) is 22.8. The number of hydrogen-bond donors (Lipinski definition) is 1. The summed E-state index contributed by atoms with van der Waals surface area (Å²) in [6.07, 6.45) is 1.38. The Labute approximate surface area is 167 Å². The number of rotatable bonds is 5. The number of fused-ring (bicyclic) bond motifs is 1. The van der Waals surface area contributed by atoms with E-state index in [0.717, 1.165) is 11.6 Å². The first-order chi connectivity index (χ1) is 13.2. The fraction of sp³-hybridized carbons (Fsp3) is 0.278. The normalized spacial score (nSPS) is 13.7. The summed E-state index contributed by atoms with van der Waals surface area (Å²) >= 11 is 5.77. The van der Waals surface area contributed by atoms with Crippen LogP contribution in [0.5, 0.6) is 0 Å². The van der Waals surface area contributed by atoms with Crippen LogP contribution in [0.3, 0.4) is 0 Å². The van der Waals surface area contributed by atoms with Gasteiger partial charge in [0, 0.05) is 23.9 Å². The van der Waals surface area contributed by atoms with Crippen LogP contribution in [0.2, 0.25) is 5.02 Å². The van der Waals surface area contributed by atoms with Crippen molar-refractivity contribution in [2.24, 2.45) is 0 Å². The molecule has 0 saturated carbocycles. The van der Waals surface area contributed by atoms with E-state index < -0.39 is 20.9 Å². The molecule has 2 aromatic carbocycles. The molecule has 8 nitrogen and oxygen atoms in total. The molecule has 148 valence electrons. The highest BCUT2D eigenvalue weighted by molar-refractivity contribution is 7.92. The van der Waals surface area contributed by atoms with E-state index in [1.54, 1.807) is 25.1 Å². The number of hydrogen-bond acceptors (Lipinski definition) is 5. The van der Waals surface area contributed by atoms with E-state index in [1.807, 2.05) is 0 Å². The standard InChI is InChI=1S/C18H18ClN3O5S/c1-2-28(26,27)21-9-3-4-12-10-14(6-8-16(12)21)20-18(23)13-5-7-15(19)17(11-13)22(24)25/h5-8,10-11H,2-4,9H2,1H3,(H,20,23). The van der Waals surface area contributed by atoms with E-state index in [1.165, 1.54) is 16.4 Å². The number of carbonyl (C=O) groups excluding carboxylic acids is 1. The third kappa shape index (κ3) is 3.95. The average molecular weight is 424 g/mol. The fourth-order valence-electron chi connectivity index (χ4n) is 3.08. The molecule has 1 amide bonds. The van der Waals surface area contributed by atoms with E-state index in [-0.39, 0.29) is 22.0 Å². The third-order valence-electron chi connectivity index (χ3n) is 4.52. The van der Waals surface area contributed by atoms with Gasteiger partial charge in [-0.25, -0.2) is 8.42 Å². The van der Waals surface area contributed by atoms with Gasteiger partial charge in [0.05, 0.1) is 16.4 Å². The molecule has 3 rings (SSSR count). The summed E-state index contributed by atoms with van der Waals surface area (Å²) in [5.41, 5.74) is 1.68. The molecule has 0 bridgehead atoms. The fourth-order valence-corrected chi connectivity index (χ4v) is 4.47. The maximum atomic E-state index is 12.5. The van der Waals surface area contributed by atoms with Gasteiger partial charge in [-0.2, -0.15) is 0 Å². The van der Waals surface area contributed by atoms with Crippen LogP contribution in [0.15, 0.2) is 36.4 Å². The van der Waals surface area contributed by atoms with E-state index in [4.69, 9.17) is 11.6 Å². The number of aryl methyl sites for hydroxylation is 1. The molecule has 0 spiro atoms. The zero-order valence-electron chi connectivity index (χ0n) is 15.0. The van der Waals surface area contributed by atoms with Gasteiger partial charge in [0.2, 0.25) is 10.0 Å². The molecule has 2 aromatic rings. The van der Waals surface area contributed by atoms with Gasteiger partial charge in [0.1, 0.15) is 5.02 Å². The minimum Gasteiger partial charge on any atom is -0.322 e. The number of nitrogens with one attached hydrogen (secondary N) is 1. The molecule has 1 aliphatic rings. The van der Waals surface area contributed by atoms with Crippen molar-refractivity contribution < 1.29 is 18.1 Å². The van der Waals surface area contributed by atoms with Crippen molar-refractivity contribution in [1.82, 2.24) is 0 Å². The van der Waals surface area contributed by atoms with E-state index >= 15 is 0 Å². The number of carbonyl (C=O) groups is 1. The summed E-state index contributed by atoms with van der Waals surface area (Å²) < 4.78 is 25.9. The lowest BCUT2D eigenvalue weighted by molar-refractivity contribution is -0.384. The van der Waals surface area contributed by atoms with Crippen LogP contribution in [0.1, 0.15) is 29.3 Å². The molecule has 1 heterocycles. The number of amides is 1. The maximum absolute atomic E-state index is 12.5. The maximum Gasteiger partial charge on any atom is 0.288 e. The molecular weight excluding hydrogens is 406 g/mol. The zero-order chi connectivity index (χ0) is 20.5. The lowest BCUT2D eigenvalue weighted by Crippen LogP contribution is -2.36. The first-order valence-electron chi connectivity index (χ1n) is 8.61. The lowest BCUT2D eigenvalue weighted by Gasteiger charge is -2.30. The molecule has 0 unspecified atom stereocenters. The van der Waals surface area contributed by atoms with Gasteiger partial charge in [-0.1, -0.05) is 11.6 Å². The Balaban J connectivity index is 1.86. The van der Waals surface area contributed by atoms with Crippen molar-refractivity contribution in [3.05, 3.63) is 62.7 Å². The molecule has 0 aliphatic carbocycles. The highest BCUT2D eigenvalue weighted by Gasteiger charge is 2.26. The second kappa shape index (κ2) is 7.76. The third-order valence-corrected chi connectivity index (χ3v) is 6.62. The van der Waals surface area contributed by atoms with Crippen LogP contribution in [-0.4, -0.2) is 31.5 Å². The van der Waals surface area contributed by atoms with Crippen molar-refractivity contribution in [3.63, 3.8) is 0 Å². The second-order valence-electron chi connectivity index (χ2n) is 6.30. The lowest BCUT2D eigenvalue weighted by atomic mass is 10.0. The topological polar surface area (TPSA) is 110 Å². The van der Waals surface area contributed by atoms with Crippen LogP contribution < -0.4 is 9.62 Å². The van der Waals surface area contributed by atoms with Gasteiger partial charge in [0.15, 0.2) is 0 Å². The van der Waals surface area contributed by atoms with E-state index in [9.17, 15) is 23.3 Å². The smallest absolute Gasteiger partial charge is 0.288 e. The van der Waals surface area contributed by atoms with Crippen molar-refractivity contribution in [1.29, 1.82) is 0 Å². The highest BCUT2D eigenvalue weighted by Crippen LogP contribution is 2.32. The minimum absolute atomic E-state index is 0.0142. The van der Waals surface area contributed by atoms with E-state index in [2.05, 4.69) is 5.32 Å². The number of anilines is 2. The Hall–Kier alpha value is -2.65. The Morgan fingerprint density at radius 1 is 1.29 bits per heavy atom. The zero-order valence-corrected chi connectivity index (χ0v) is 16.6. The van der Waals surface area contributed by atoms with Gasteiger partial charge in [-0.15, -0.1) is 0 Å². The second-order valence-corrected chi connectivity index (χ2v) is 8.89. The molecule has 0 fully saturated rings.